The minimum atomic E-state index is -0.166. The zero-order valence-corrected chi connectivity index (χ0v) is 12.8. The lowest BCUT2D eigenvalue weighted by atomic mass is 10.0. The van der Waals surface area contributed by atoms with E-state index in [9.17, 15) is 4.79 Å². The largest absolute Gasteiger partial charge is 0.493 e. The van der Waals surface area contributed by atoms with Gasteiger partial charge in [-0.05, 0) is 50.3 Å². The molecule has 2 aromatic rings. The van der Waals surface area contributed by atoms with Gasteiger partial charge in [-0.1, -0.05) is 19.8 Å². The molecule has 0 N–H and O–H groups in total. The number of ether oxygens (including phenoxy) is 1. The highest BCUT2D eigenvalue weighted by Gasteiger charge is 2.21. The Balaban J connectivity index is 1.98. The van der Waals surface area contributed by atoms with Crippen LogP contribution in [-0.4, -0.2) is 6.61 Å². The molecule has 0 amide bonds. The average molecular weight is 286 g/mol. The predicted molar refractivity (Wildman–Crippen MR) is 84.3 cm³/mol. The summed E-state index contributed by atoms with van der Waals surface area (Å²) in [6.07, 6.45) is 6.29. The molecule has 0 aliphatic heterocycles. The Morgan fingerprint density at radius 1 is 1.19 bits per heavy atom. The smallest absolute Gasteiger partial charge is 0.339 e. The first-order chi connectivity index (χ1) is 10.2. The van der Waals surface area contributed by atoms with Gasteiger partial charge in [0.2, 0.25) is 0 Å². The molecular weight excluding hydrogens is 264 g/mol. The van der Waals surface area contributed by atoms with Crippen LogP contribution >= 0.6 is 0 Å². The second-order valence-electron chi connectivity index (χ2n) is 5.82. The number of hydrogen-bond acceptors (Lipinski definition) is 3. The fourth-order valence-electron chi connectivity index (χ4n) is 3.15. The summed E-state index contributed by atoms with van der Waals surface area (Å²) < 4.78 is 11.4. The van der Waals surface area contributed by atoms with E-state index in [1.165, 1.54) is 18.4 Å². The Morgan fingerprint density at radius 2 is 2.00 bits per heavy atom. The highest BCUT2D eigenvalue weighted by molar-refractivity contribution is 5.86. The fourth-order valence-corrected chi connectivity index (χ4v) is 3.15. The highest BCUT2D eigenvalue weighted by atomic mass is 16.5. The molecule has 1 aliphatic rings. The van der Waals surface area contributed by atoms with Gasteiger partial charge in [0.05, 0.1) is 6.61 Å². The summed E-state index contributed by atoms with van der Waals surface area (Å²) in [6, 6.07) is 4.06. The molecule has 3 nitrogen and oxygen atoms in total. The highest BCUT2D eigenvalue weighted by Crippen LogP contribution is 2.33. The van der Waals surface area contributed by atoms with E-state index in [4.69, 9.17) is 9.15 Å². The van der Waals surface area contributed by atoms with E-state index >= 15 is 0 Å². The van der Waals surface area contributed by atoms with Crippen molar-refractivity contribution in [3.05, 3.63) is 39.2 Å². The van der Waals surface area contributed by atoms with E-state index < -0.39 is 0 Å². The second-order valence-corrected chi connectivity index (χ2v) is 5.82. The number of benzene rings is 1. The van der Waals surface area contributed by atoms with Gasteiger partial charge in [0.15, 0.2) is 0 Å². The van der Waals surface area contributed by atoms with Crippen molar-refractivity contribution in [1.29, 1.82) is 0 Å². The van der Waals surface area contributed by atoms with Crippen molar-refractivity contribution < 1.29 is 9.15 Å². The van der Waals surface area contributed by atoms with E-state index in [0.717, 1.165) is 54.6 Å². The summed E-state index contributed by atoms with van der Waals surface area (Å²) in [7, 11) is 0. The van der Waals surface area contributed by atoms with Gasteiger partial charge in [0.25, 0.3) is 0 Å². The van der Waals surface area contributed by atoms with Gasteiger partial charge >= 0.3 is 5.63 Å². The first kappa shape index (κ1) is 14.2. The van der Waals surface area contributed by atoms with E-state index in [0.29, 0.717) is 5.58 Å². The van der Waals surface area contributed by atoms with Crippen LogP contribution in [0.3, 0.4) is 0 Å². The molecule has 0 fully saturated rings. The Labute approximate surface area is 124 Å². The monoisotopic (exact) mass is 286 g/mol. The number of fused-ring (bicyclic) bond motifs is 3. The number of rotatable bonds is 5. The third-order valence-corrected chi connectivity index (χ3v) is 4.35. The quantitative estimate of drug-likeness (QED) is 0.612. The SMILES string of the molecule is CCCCCOc1ccc2c3c(c(=O)oc2c1C)CCC3. The molecule has 3 rings (SSSR count). The van der Waals surface area contributed by atoms with Crippen LogP contribution in [0.25, 0.3) is 11.0 Å². The van der Waals surface area contributed by atoms with Gasteiger partial charge in [0.1, 0.15) is 11.3 Å². The maximum atomic E-state index is 12.1. The molecule has 0 saturated carbocycles. The van der Waals surface area contributed by atoms with Crippen molar-refractivity contribution in [2.75, 3.05) is 6.61 Å². The Bertz CT molecular complexity index is 712. The van der Waals surface area contributed by atoms with Crippen LogP contribution in [0.2, 0.25) is 0 Å². The topological polar surface area (TPSA) is 39.4 Å². The molecule has 0 bridgehead atoms. The predicted octanol–water partition coefficient (Wildman–Crippen LogP) is 4.16. The van der Waals surface area contributed by atoms with Crippen LogP contribution in [0.4, 0.5) is 0 Å². The molecule has 0 atom stereocenters. The van der Waals surface area contributed by atoms with Crippen molar-refractivity contribution in [3.8, 4) is 5.75 Å². The maximum absolute atomic E-state index is 12.1. The fraction of sp³-hybridized carbons (Fsp3) is 0.500. The van der Waals surface area contributed by atoms with E-state index in [-0.39, 0.29) is 5.63 Å². The molecule has 0 unspecified atom stereocenters. The molecule has 0 saturated heterocycles. The summed E-state index contributed by atoms with van der Waals surface area (Å²) in [5.41, 5.74) is 3.53. The summed E-state index contributed by atoms with van der Waals surface area (Å²) in [6.45, 7) is 4.87. The van der Waals surface area contributed by atoms with Gasteiger partial charge < -0.3 is 9.15 Å². The number of unbranched alkanes of at least 4 members (excludes halogenated alkanes) is 2. The van der Waals surface area contributed by atoms with Crippen molar-refractivity contribution in [3.63, 3.8) is 0 Å². The summed E-state index contributed by atoms with van der Waals surface area (Å²) in [5, 5.41) is 1.08. The maximum Gasteiger partial charge on any atom is 0.339 e. The van der Waals surface area contributed by atoms with E-state index in [1.54, 1.807) is 0 Å². The molecule has 1 heterocycles. The second kappa shape index (κ2) is 5.92. The minimum Gasteiger partial charge on any atom is -0.493 e. The molecule has 0 radical (unpaired) electrons. The Hall–Kier alpha value is -1.77. The zero-order chi connectivity index (χ0) is 14.8. The van der Waals surface area contributed by atoms with Gasteiger partial charge in [-0.2, -0.15) is 0 Å². The summed E-state index contributed by atoms with van der Waals surface area (Å²) in [5.74, 6) is 0.833. The van der Waals surface area contributed by atoms with Crippen molar-refractivity contribution in [2.45, 2.75) is 52.4 Å². The van der Waals surface area contributed by atoms with E-state index in [2.05, 4.69) is 6.92 Å². The van der Waals surface area contributed by atoms with Gasteiger partial charge in [-0.15, -0.1) is 0 Å². The van der Waals surface area contributed by atoms with Crippen molar-refractivity contribution in [2.24, 2.45) is 0 Å². The molecule has 112 valence electrons. The lowest BCUT2D eigenvalue weighted by Gasteiger charge is -2.12. The van der Waals surface area contributed by atoms with Crippen LogP contribution in [0, 0.1) is 6.92 Å². The summed E-state index contributed by atoms with van der Waals surface area (Å²) in [4.78, 5) is 12.1. The Morgan fingerprint density at radius 3 is 2.81 bits per heavy atom. The standard InChI is InChI=1S/C18H22O3/c1-3-4-5-11-20-16-10-9-14-13-7-6-8-15(13)18(19)21-17(14)12(16)2/h9-10H,3-8,11H2,1-2H3. The molecule has 21 heavy (non-hydrogen) atoms. The average Bonchev–Trinajstić information content (AvgIpc) is 2.97. The van der Waals surface area contributed by atoms with Gasteiger partial charge in [-0.25, -0.2) is 4.79 Å². The van der Waals surface area contributed by atoms with Gasteiger partial charge in [0, 0.05) is 16.5 Å². The molecular formula is C18H22O3. The normalized spacial score (nSPS) is 13.6. The van der Waals surface area contributed by atoms with Gasteiger partial charge in [-0.3, -0.25) is 0 Å². The zero-order valence-electron chi connectivity index (χ0n) is 12.8. The number of hydrogen-bond donors (Lipinski definition) is 0. The van der Waals surface area contributed by atoms with Crippen LogP contribution < -0.4 is 10.4 Å². The van der Waals surface area contributed by atoms with Crippen LogP contribution in [0.15, 0.2) is 21.3 Å². The Kier molecular flexibility index (Phi) is 4.00. The lowest BCUT2D eigenvalue weighted by molar-refractivity contribution is 0.304. The molecule has 1 aliphatic carbocycles. The molecule has 1 aromatic heterocycles. The third-order valence-electron chi connectivity index (χ3n) is 4.35. The third kappa shape index (κ3) is 2.57. The minimum absolute atomic E-state index is 0.166. The first-order valence-electron chi connectivity index (χ1n) is 7.93. The number of aryl methyl sites for hydroxylation is 2. The van der Waals surface area contributed by atoms with Crippen LogP contribution in [0.1, 0.15) is 49.3 Å². The lowest BCUT2D eigenvalue weighted by Crippen LogP contribution is -2.08. The van der Waals surface area contributed by atoms with Crippen LogP contribution in [-0.2, 0) is 12.8 Å². The first-order valence-corrected chi connectivity index (χ1v) is 7.93. The molecule has 0 spiro atoms. The summed E-state index contributed by atoms with van der Waals surface area (Å²) >= 11 is 0. The van der Waals surface area contributed by atoms with Crippen LogP contribution in [0.5, 0.6) is 5.75 Å². The van der Waals surface area contributed by atoms with Crippen molar-refractivity contribution >= 4 is 11.0 Å². The van der Waals surface area contributed by atoms with E-state index in [1.807, 2.05) is 19.1 Å². The van der Waals surface area contributed by atoms with Crippen molar-refractivity contribution in [1.82, 2.24) is 0 Å². The molecule has 1 aromatic carbocycles. The molecule has 3 heteroatoms.